The molecule has 1 saturated heterocycles. The minimum atomic E-state index is -0.220. The molecule has 2 aromatic rings. The average Bonchev–Trinajstić information content (AvgIpc) is 2.76. The highest BCUT2D eigenvalue weighted by molar-refractivity contribution is 5.94. The molecule has 3 rings (SSSR count). The van der Waals surface area contributed by atoms with E-state index in [1.165, 1.54) is 5.56 Å². The van der Waals surface area contributed by atoms with Crippen molar-refractivity contribution in [3.05, 3.63) is 53.6 Å². The van der Waals surface area contributed by atoms with E-state index in [-0.39, 0.29) is 17.7 Å². The number of nitrogens with one attached hydrogen (secondary N) is 1. The first kappa shape index (κ1) is 22.7. The summed E-state index contributed by atoms with van der Waals surface area (Å²) < 4.78 is 5.87. The van der Waals surface area contributed by atoms with E-state index in [9.17, 15) is 9.59 Å². The number of benzene rings is 2. The van der Waals surface area contributed by atoms with E-state index in [1.54, 1.807) is 0 Å². The van der Waals surface area contributed by atoms with Gasteiger partial charge in [-0.15, -0.1) is 0 Å². The standard InChI is InChI=1S/C25H33N3O3/c1-18-10-11-19(2)23(17-18)31-16-6-5-9-24(29)27-21-7-3-4-8-22(21)28-14-12-20(13-15-28)25(26)30/h3-4,7-8,10-11,17,20H,5-6,9,12-16H2,1-2H3,(H2,26,30)(H,27,29). The molecule has 1 aliphatic rings. The number of ether oxygens (including phenoxy) is 1. The van der Waals surface area contributed by atoms with Crippen molar-refractivity contribution in [1.82, 2.24) is 0 Å². The van der Waals surface area contributed by atoms with E-state index < -0.39 is 0 Å². The molecular formula is C25H33N3O3. The lowest BCUT2D eigenvalue weighted by Gasteiger charge is -2.33. The lowest BCUT2D eigenvalue weighted by Crippen LogP contribution is -2.38. The summed E-state index contributed by atoms with van der Waals surface area (Å²) in [6, 6.07) is 14.0. The second-order valence-corrected chi connectivity index (χ2v) is 8.30. The van der Waals surface area contributed by atoms with Crippen molar-refractivity contribution in [2.24, 2.45) is 11.7 Å². The molecule has 0 saturated carbocycles. The fourth-order valence-corrected chi connectivity index (χ4v) is 3.91. The predicted octanol–water partition coefficient (Wildman–Crippen LogP) is 4.19. The SMILES string of the molecule is Cc1ccc(C)c(OCCCCC(=O)Nc2ccccc2N2CCC(C(N)=O)CC2)c1. The summed E-state index contributed by atoms with van der Waals surface area (Å²) in [7, 11) is 0. The van der Waals surface area contributed by atoms with Gasteiger partial charge in [-0.05, 0) is 68.9 Å². The largest absolute Gasteiger partial charge is 0.493 e. The number of nitrogens with zero attached hydrogens (tertiary/aromatic N) is 1. The number of nitrogens with two attached hydrogens (primary N) is 1. The number of unbranched alkanes of at least 4 members (excludes halogenated alkanes) is 1. The van der Waals surface area contributed by atoms with Crippen LogP contribution >= 0.6 is 0 Å². The molecular weight excluding hydrogens is 390 g/mol. The molecule has 0 aliphatic carbocycles. The van der Waals surface area contributed by atoms with Gasteiger partial charge in [-0.3, -0.25) is 9.59 Å². The van der Waals surface area contributed by atoms with Gasteiger partial charge in [0.25, 0.3) is 0 Å². The first-order chi connectivity index (χ1) is 14.9. The van der Waals surface area contributed by atoms with Crippen LogP contribution in [0.25, 0.3) is 0 Å². The summed E-state index contributed by atoms with van der Waals surface area (Å²) in [5.41, 5.74) is 9.56. The van der Waals surface area contributed by atoms with Crippen LogP contribution in [0, 0.1) is 19.8 Å². The number of hydrogen-bond donors (Lipinski definition) is 2. The van der Waals surface area contributed by atoms with E-state index in [2.05, 4.69) is 29.3 Å². The molecule has 3 N–H and O–H groups in total. The molecule has 1 fully saturated rings. The van der Waals surface area contributed by atoms with Crippen LogP contribution in [0.3, 0.4) is 0 Å². The quantitative estimate of drug-likeness (QED) is 0.592. The number of hydrogen-bond acceptors (Lipinski definition) is 4. The molecule has 166 valence electrons. The molecule has 1 aliphatic heterocycles. The van der Waals surface area contributed by atoms with Crippen molar-refractivity contribution in [3.63, 3.8) is 0 Å². The van der Waals surface area contributed by atoms with Crippen molar-refractivity contribution < 1.29 is 14.3 Å². The van der Waals surface area contributed by atoms with Gasteiger partial charge in [-0.1, -0.05) is 24.3 Å². The Bertz CT molecular complexity index is 905. The van der Waals surface area contributed by atoms with Crippen LogP contribution in [0.5, 0.6) is 5.75 Å². The second kappa shape index (κ2) is 10.8. The molecule has 6 nitrogen and oxygen atoms in total. The highest BCUT2D eigenvalue weighted by atomic mass is 16.5. The first-order valence-electron chi connectivity index (χ1n) is 11.1. The van der Waals surface area contributed by atoms with Gasteiger partial charge in [0, 0.05) is 25.4 Å². The average molecular weight is 424 g/mol. The number of piperidine rings is 1. The number of aryl methyl sites for hydroxylation is 2. The van der Waals surface area contributed by atoms with Gasteiger partial charge in [0.05, 0.1) is 18.0 Å². The van der Waals surface area contributed by atoms with Gasteiger partial charge in [-0.25, -0.2) is 0 Å². The van der Waals surface area contributed by atoms with Crippen molar-refractivity contribution in [3.8, 4) is 5.75 Å². The monoisotopic (exact) mass is 423 g/mol. The fraction of sp³-hybridized carbons (Fsp3) is 0.440. The van der Waals surface area contributed by atoms with Gasteiger partial charge in [0.1, 0.15) is 5.75 Å². The number of carbonyl (C=O) groups excluding carboxylic acids is 2. The van der Waals surface area contributed by atoms with E-state index in [0.717, 1.165) is 61.5 Å². The molecule has 0 spiro atoms. The highest BCUT2D eigenvalue weighted by Gasteiger charge is 2.24. The maximum absolute atomic E-state index is 12.5. The highest BCUT2D eigenvalue weighted by Crippen LogP contribution is 2.30. The van der Waals surface area contributed by atoms with E-state index >= 15 is 0 Å². The zero-order valence-corrected chi connectivity index (χ0v) is 18.5. The Morgan fingerprint density at radius 3 is 2.58 bits per heavy atom. The van der Waals surface area contributed by atoms with Gasteiger partial charge < -0.3 is 20.7 Å². The summed E-state index contributed by atoms with van der Waals surface area (Å²) in [5.74, 6) is 0.649. The Kier molecular flexibility index (Phi) is 7.93. The Hall–Kier alpha value is -3.02. The molecule has 1 heterocycles. The maximum Gasteiger partial charge on any atom is 0.224 e. The van der Waals surface area contributed by atoms with Gasteiger partial charge in [0.15, 0.2) is 0 Å². The minimum absolute atomic E-state index is 0.00575. The van der Waals surface area contributed by atoms with E-state index in [4.69, 9.17) is 10.5 Å². The van der Waals surface area contributed by atoms with Crippen molar-refractivity contribution >= 4 is 23.2 Å². The normalized spacial score (nSPS) is 14.3. The molecule has 0 unspecified atom stereocenters. The lowest BCUT2D eigenvalue weighted by atomic mass is 9.96. The minimum Gasteiger partial charge on any atom is -0.493 e. The third-order valence-corrected chi connectivity index (χ3v) is 5.82. The van der Waals surface area contributed by atoms with Crippen LogP contribution in [0.4, 0.5) is 11.4 Å². The van der Waals surface area contributed by atoms with Gasteiger partial charge >= 0.3 is 0 Å². The molecule has 0 radical (unpaired) electrons. The van der Waals surface area contributed by atoms with Crippen molar-refractivity contribution in [2.45, 2.75) is 46.0 Å². The predicted molar refractivity (Wildman–Crippen MR) is 124 cm³/mol. The van der Waals surface area contributed by atoms with Crippen molar-refractivity contribution in [2.75, 3.05) is 29.9 Å². The summed E-state index contributed by atoms with van der Waals surface area (Å²) in [6.07, 6.45) is 3.54. The zero-order chi connectivity index (χ0) is 22.2. The van der Waals surface area contributed by atoms with Gasteiger partial charge in [-0.2, -0.15) is 0 Å². The number of primary amides is 1. The van der Waals surface area contributed by atoms with E-state index in [0.29, 0.717) is 13.0 Å². The molecule has 0 aromatic heterocycles. The number of para-hydroxylation sites is 2. The Labute approximate surface area is 184 Å². The van der Waals surface area contributed by atoms with Crippen molar-refractivity contribution in [1.29, 1.82) is 0 Å². The second-order valence-electron chi connectivity index (χ2n) is 8.30. The van der Waals surface area contributed by atoms with Crippen LogP contribution in [0.2, 0.25) is 0 Å². The topological polar surface area (TPSA) is 84.7 Å². The number of anilines is 2. The molecule has 2 aromatic carbocycles. The summed E-state index contributed by atoms with van der Waals surface area (Å²) in [5, 5.41) is 3.05. The summed E-state index contributed by atoms with van der Waals surface area (Å²) in [6.45, 7) is 6.21. The number of amides is 2. The summed E-state index contributed by atoms with van der Waals surface area (Å²) in [4.78, 5) is 26.1. The smallest absolute Gasteiger partial charge is 0.224 e. The summed E-state index contributed by atoms with van der Waals surface area (Å²) >= 11 is 0. The third-order valence-electron chi connectivity index (χ3n) is 5.82. The lowest BCUT2D eigenvalue weighted by molar-refractivity contribution is -0.122. The molecule has 31 heavy (non-hydrogen) atoms. The van der Waals surface area contributed by atoms with Crippen LogP contribution in [-0.4, -0.2) is 31.5 Å². The van der Waals surface area contributed by atoms with Crippen LogP contribution < -0.4 is 20.7 Å². The van der Waals surface area contributed by atoms with Crippen LogP contribution in [-0.2, 0) is 9.59 Å². The van der Waals surface area contributed by atoms with Gasteiger partial charge in [0.2, 0.25) is 11.8 Å². The maximum atomic E-state index is 12.5. The number of rotatable bonds is 9. The van der Waals surface area contributed by atoms with E-state index in [1.807, 2.05) is 37.3 Å². The molecule has 2 amide bonds. The Balaban J connectivity index is 1.44. The van der Waals surface area contributed by atoms with Crippen LogP contribution in [0.15, 0.2) is 42.5 Å². The third kappa shape index (κ3) is 6.48. The fourth-order valence-electron chi connectivity index (χ4n) is 3.91. The molecule has 6 heteroatoms. The molecule has 0 atom stereocenters. The first-order valence-corrected chi connectivity index (χ1v) is 11.1. The Morgan fingerprint density at radius 2 is 1.84 bits per heavy atom. The number of carbonyl (C=O) groups is 2. The zero-order valence-electron chi connectivity index (χ0n) is 18.5. The van der Waals surface area contributed by atoms with Crippen LogP contribution in [0.1, 0.15) is 43.2 Å². The Morgan fingerprint density at radius 1 is 1.10 bits per heavy atom. The molecule has 0 bridgehead atoms.